The number of carbonyl (C=O) groups is 3. The fourth-order valence-corrected chi connectivity index (χ4v) is 9.01. The fraction of sp³-hybridized carbons (Fsp3) is 0.540. The second-order valence-electron chi connectivity index (χ2n) is 16.0. The van der Waals surface area contributed by atoms with Crippen molar-refractivity contribution >= 4 is 30.1 Å². The predicted octanol–water partition coefficient (Wildman–Crippen LogP) is 9.35. The molecular formula is C50H71NO9S. The highest BCUT2D eigenvalue weighted by atomic mass is 32.2. The zero-order chi connectivity index (χ0) is 44.6. The van der Waals surface area contributed by atoms with E-state index < -0.39 is 16.8 Å². The summed E-state index contributed by atoms with van der Waals surface area (Å²) in [5.74, 6) is -0.309. The molecule has 0 saturated carbocycles. The van der Waals surface area contributed by atoms with Crippen molar-refractivity contribution in [1.82, 2.24) is 4.90 Å². The third-order valence-corrected chi connectivity index (χ3v) is 12.7. The maximum absolute atomic E-state index is 12.9. The highest BCUT2D eigenvalue weighted by molar-refractivity contribution is 8.00. The summed E-state index contributed by atoms with van der Waals surface area (Å²) in [5.41, 5.74) is 3.61. The molecule has 0 saturated heterocycles. The van der Waals surface area contributed by atoms with Crippen LogP contribution in [0.3, 0.4) is 0 Å². The van der Waals surface area contributed by atoms with Crippen LogP contribution in [0.15, 0.2) is 103 Å². The maximum Gasteiger partial charge on any atom is 0.332 e. The summed E-state index contributed by atoms with van der Waals surface area (Å²) in [6.45, 7) is 12.8. The van der Waals surface area contributed by atoms with Crippen LogP contribution in [0.25, 0.3) is 0 Å². The zero-order valence-corrected chi connectivity index (χ0v) is 38.7. The van der Waals surface area contributed by atoms with E-state index in [9.17, 15) is 14.4 Å². The van der Waals surface area contributed by atoms with E-state index in [0.717, 1.165) is 12.2 Å². The number of methoxy groups -OCH3 is 2. The molecule has 0 N–H and O–H groups in total. The van der Waals surface area contributed by atoms with E-state index in [-0.39, 0.29) is 61.2 Å². The van der Waals surface area contributed by atoms with Crippen LogP contribution in [0.2, 0.25) is 0 Å². The van der Waals surface area contributed by atoms with Gasteiger partial charge in [-0.3, -0.25) is 9.59 Å². The Balaban J connectivity index is 1.49. The minimum absolute atomic E-state index is 0.0426. The first-order valence-electron chi connectivity index (χ1n) is 21.7. The Labute approximate surface area is 370 Å². The molecule has 0 bridgehead atoms. The number of carbonyl (C=O) groups excluding carboxylic acids is 3. The van der Waals surface area contributed by atoms with Gasteiger partial charge in [0.05, 0.1) is 42.7 Å². The van der Waals surface area contributed by atoms with Crippen LogP contribution in [0.5, 0.6) is 0 Å². The number of hydrogen-bond donors (Lipinski definition) is 0. The number of hydrogen-bond acceptors (Lipinski definition) is 10. The molecule has 61 heavy (non-hydrogen) atoms. The van der Waals surface area contributed by atoms with Crippen LogP contribution >= 0.6 is 11.8 Å². The summed E-state index contributed by atoms with van der Waals surface area (Å²) >= 11 is 1.84. The van der Waals surface area contributed by atoms with Crippen LogP contribution in [-0.4, -0.2) is 101 Å². The van der Waals surface area contributed by atoms with E-state index in [4.69, 9.17) is 28.4 Å². The van der Waals surface area contributed by atoms with Gasteiger partial charge >= 0.3 is 11.9 Å². The SMILES string of the molecule is CC[C@H](C[C@H](OC)[C@@H](C)CC[C@@H](OC(=O)C(C)C)[C@H](C)[C@H](OC)[C@H](C)/C=C/N(C)C=O)OC(=O)COCCOCCSC(c1ccccc1)(c1ccccc1)c1ccccc1. The summed E-state index contributed by atoms with van der Waals surface area (Å²) in [4.78, 5) is 38.2. The van der Waals surface area contributed by atoms with Gasteiger partial charge in [-0.05, 0) is 41.9 Å². The topological polar surface area (TPSA) is 110 Å². The standard InChI is InChI=1S/C50H71NO9S/c1-10-44(34-46(55-8)38(4)26-27-45(60-49(54)37(2)3)40(6)48(56-9)39(5)28-29-51(7)36-52)59-47(53)35-58-31-30-57-32-33-61-50(41-20-14-11-15-21-41,42-22-16-12-17-23-42)43-24-18-13-19-25-43/h11-25,28-29,36-40,44-46,48H,10,26-27,30-35H2,1-9H3/b29-28+/t38-,39+,40-,44+,45+,46-,48+/m0/s1. The summed E-state index contributed by atoms with van der Waals surface area (Å²) in [7, 11) is 5.00. The van der Waals surface area contributed by atoms with Gasteiger partial charge in [0.15, 0.2) is 0 Å². The number of benzene rings is 3. The lowest BCUT2D eigenvalue weighted by atomic mass is 9.84. The van der Waals surface area contributed by atoms with Gasteiger partial charge in [-0.2, -0.15) is 0 Å². The Morgan fingerprint density at radius 2 is 1.30 bits per heavy atom. The Morgan fingerprint density at radius 3 is 1.79 bits per heavy atom. The van der Waals surface area contributed by atoms with Gasteiger partial charge in [-0.25, -0.2) is 4.79 Å². The van der Waals surface area contributed by atoms with Crippen molar-refractivity contribution in [2.24, 2.45) is 23.7 Å². The molecular weight excluding hydrogens is 791 g/mol. The molecule has 0 spiro atoms. The van der Waals surface area contributed by atoms with Gasteiger partial charge in [0, 0.05) is 51.5 Å². The molecule has 0 aliphatic heterocycles. The summed E-state index contributed by atoms with van der Waals surface area (Å²) in [6, 6.07) is 31.8. The Morgan fingerprint density at radius 1 is 0.738 bits per heavy atom. The summed E-state index contributed by atoms with van der Waals surface area (Å²) < 4.78 is 35.0. The van der Waals surface area contributed by atoms with Crippen molar-refractivity contribution in [3.8, 4) is 0 Å². The number of esters is 2. The van der Waals surface area contributed by atoms with Crippen molar-refractivity contribution in [3.05, 3.63) is 120 Å². The van der Waals surface area contributed by atoms with E-state index in [2.05, 4.69) is 79.7 Å². The van der Waals surface area contributed by atoms with Gasteiger partial charge in [0.1, 0.15) is 18.8 Å². The molecule has 11 heteroatoms. The van der Waals surface area contributed by atoms with Crippen molar-refractivity contribution in [2.45, 2.75) is 96.4 Å². The first kappa shape index (κ1) is 51.4. The molecule has 1 amide bonds. The quantitative estimate of drug-likeness (QED) is 0.0279. The second-order valence-corrected chi connectivity index (χ2v) is 17.3. The molecule has 0 radical (unpaired) electrons. The van der Waals surface area contributed by atoms with Gasteiger partial charge in [-0.1, -0.05) is 139 Å². The molecule has 0 aliphatic carbocycles. The van der Waals surface area contributed by atoms with Crippen LogP contribution in [-0.2, 0) is 47.6 Å². The van der Waals surface area contributed by atoms with Gasteiger partial charge in [0.2, 0.25) is 6.41 Å². The highest BCUT2D eigenvalue weighted by Gasteiger charge is 2.37. The smallest absolute Gasteiger partial charge is 0.332 e. The maximum atomic E-state index is 12.9. The van der Waals surface area contributed by atoms with Crippen molar-refractivity contribution in [2.75, 3.05) is 53.4 Å². The first-order chi connectivity index (χ1) is 29.4. The average molecular weight is 862 g/mol. The van der Waals surface area contributed by atoms with Crippen molar-refractivity contribution < 1.29 is 42.8 Å². The van der Waals surface area contributed by atoms with E-state index in [0.29, 0.717) is 38.9 Å². The van der Waals surface area contributed by atoms with Crippen LogP contribution < -0.4 is 0 Å². The molecule has 3 aromatic carbocycles. The largest absolute Gasteiger partial charge is 0.462 e. The first-order valence-corrected chi connectivity index (χ1v) is 22.7. The van der Waals surface area contributed by atoms with Crippen LogP contribution in [0.1, 0.15) is 83.9 Å². The summed E-state index contributed by atoms with van der Waals surface area (Å²) in [6.07, 6.45) is 5.65. The molecule has 7 atom stereocenters. The third-order valence-electron chi connectivity index (χ3n) is 11.2. The molecule has 0 fully saturated rings. The van der Waals surface area contributed by atoms with Crippen LogP contribution in [0, 0.1) is 23.7 Å². The number of ether oxygens (including phenoxy) is 6. The molecule has 0 unspecified atom stereocenters. The molecule has 336 valence electrons. The second kappa shape index (κ2) is 27.8. The zero-order valence-electron chi connectivity index (χ0n) is 37.9. The minimum atomic E-state index is -0.425. The molecule has 0 aliphatic rings. The minimum Gasteiger partial charge on any atom is -0.462 e. The Kier molecular flexibility index (Phi) is 23.4. The monoisotopic (exact) mass is 861 g/mol. The van der Waals surface area contributed by atoms with Crippen molar-refractivity contribution in [3.63, 3.8) is 0 Å². The average Bonchev–Trinajstić information content (AvgIpc) is 3.28. The third kappa shape index (κ3) is 16.3. The van der Waals surface area contributed by atoms with Gasteiger partial charge < -0.3 is 33.3 Å². The molecule has 10 nitrogen and oxygen atoms in total. The highest BCUT2D eigenvalue weighted by Crippen LogP contribution is 2.48. The Hall–Kier alpha value is -4.00. The van der Waals surface area contributed by atoms with Gasteiger partial charge in [-0.15, -0.1) is 11.8 Å². The predicted molar refractivity (Wildman–Crippen MR) is 244 cm³/mol. The fourth-order valence-electron chi connectivity index (χ4n) is 7.60. The van der Waals surface area contributed by atoms with Crippen molar-refractivity contribution in [1.29, 1.82) is 0 Å². The van der Waals surface area contributed by atoms with E-state index in [1.807, 2.05) is 70.7 Å². The number of amides is 1. The number of rotatable bonds is 30. The Bertz CT molecular complexity index is 1600. The van der Waals surface area contributed by atoms with E-state index in [1.54, 1.807) is 27.5 Å². The summed E-state index contributed by atoms with van der Waals surface area (Å²) in [5, 5.41) is 0. The lowest BCUT2D eigenvalue weighted by Gasteiger charge is -2.35. The normalized spacial score (nSPS) is 15.4. The lowest BCUT2D eigenvalue weighted by molar-refractivity contribution is -0.159. The van der Waals surface area contributed by atoms with Gasteiger partial charge in [0.25, 0.3) is 0 Å². The molecule has 3 aromatic rings. The van der Waals surface area contributed by atoms with E-state index in [1.165, 1.54) is 21.6 Å². The molecule has 0 aromatic heterocycles. The van der Waals surface area contributed by atoms with Crippen LogP contribution in [0.4, 0.5) is 0 Å². The number of thioether (sulfide) groups is 1. The van der Waals surface area contributed by atoms with E-state index >= 15 is 0 Å². The number of nitrogens with zero attached hydrogens (tertiary/aromatic N) is 1. The lowest BCUT2D eigenvalue weighted by Crippen LogP contribution is -2.39. The molecule has 3 rings (SSSR count). The molecule has 0 heterocycles.